The number of nitrogens with two attached hydrogens (primary N) is 1. The van der Waals surface area contributed by atoms with Crippen molar-refractivity contribution in [3.63, 3.8) is 0 Å². The maximum Gasteiger partial charge on any atom is 0.137 e. The number of rotatable bonds is 1. The highest BCUT2D eigenvalue weighted by Crippen LogP contribution is 2.30. The molecule has 0 bridgehead atoms. The van der Waals surface area contributed by atoms with Gasteiger partial charge in [-0.15, -0.1) is 0 Å². The summed E-state index contributed by atoms with van der Waals surface area (Å²) in [5.74, 6) is -0.0941. The zero-order valence-corrected chi connectivity index (χ0v) is 7.95. The first-order valence-corrected chi connectivity index (χ1v) is 4.77. The predicted molar refractivity (Wildman–Crippen MR) is 48.4 cm³/mol. The van der Waals surface area contributed by atoms with Crippen molar-refractivity contribution in [3.8, 4) is 5.75 Å². The number of hydrogen-bond donors (Lipinski definition) is 2. The molecule has 3 N–H and O–H groups in total. The summed E-state index contributed by atoms with van der Waals surface area (Å²) in [6.07, 6.45) is 0. The second-order valence-electron chi connectivity index (χ2n) is 2.34. The zero-order valence-electron chi connectivity index (χ0n) is 6.37. The van der Waals surface area contributed by atoms with Gasteiger partial charge in [0.15, 0.2) is 0 Å². The summed E-state index contributed by atoms with van der Waals surface area (Å²) in [7, 11) is -1.74. The van der Waals surface area contributed by atoms with Crippen LogP contribution in [0.2, 0.25) is 5.02 Å². The van der Waals surface area contributed by atoms with Crippen molar-refractivity contribution in [2.24, 2.45) is 5.14 Å². The molecular formula is C7H8ClNO2S. The molecule has 0 spiro atoms. The van der Waals surface area contributed by atoms with Crippen LogP contribution in [0.1, 0.15) is 5.56 Å². The number of phenols is 1. The van der Waals surface area contributed by atoms with E-state index in [1.54, 1.807) is 19.1 Å². The van der Waals surface area contributed by atoms with Crippen molar-refractivity contribution in [2.75, 3.05) is 0 Å². The number of benzene rings is 1. The van der Waals surface area contributed by atoms with Gasteiger partial charge in [0.2, 0.25) is 0 Å². The first-order valence-electron chi connectivity index (χ1n) is 3.18. The van der Waals surface area contributed by atoms with Crippen LogP contribution in [0.3, 0.4) is 0 Å². The minimum atomic E-state index is -1.74. The molecule has 3 nitrogen and oxygen atoms in total. The van der Waals surface area contributed by atoms with Crippen molar-refractivity contribution >= 4 is 22.6 Å². The van der Waals surface area contributed by atoms with Gasteiger partial charge in [-0.2, -0.15) is 0 Å². The summed E-state index contributed by atoms with van der Waals surface area (Å²) in [5.41, 5.74) is 0.605. The van der Waals surface area contributed by atoms with Gasteiger partial charge in [-0.05, 0) is 18.6 Å². The van der Waals surface area contributed by atoms with Gasteiger partial charge in [-0.1, -0.05) is 17.7 Å². The third-order valence-corrected chi connectivity index (χ3v) is 2.73. The third kappa shape index (κ3) is 1.60. The minimum Gasteiger partial charge on any atom is -0.506 e. The lowest BCUT2D eigenvalue weighted by atomic mass is 10.2. The van der Waals surface area contributed by atoms with Crippen molar-refractivity contribution in [1.29, 1.82) is 0 Å². The Morgan fingerprint density at radius 2 is 2.17 bits per heavy atom. The van der Waals surface area contributed by atoms with Crippen LogP contribution in [0.25, 0.3) is 0 Å². The third-order valence-electron chi connectivity index (χ3n) is 1.49. The monoisotopic (exact) mass is 205 g/mol. The van der Waals surface area contributed by atoms with E-state index in [4.69, 9.17) is 16.7 Å². The lowest BCUT2D eigenvalue weighted by Gasteiger charge is -2.05. The van der Waals surface area contributed by atoms with E-state index >= 15 is 0 Å². The van der Waals surface area contributed by atoms with Crippen LogP contribution in [0.4, 0.5) is 0 Å². The Morgan fingerprint density at radius 1 is 1.58 bits per heavy atom. The molecule has 1 unspecified atom stereocenters. The average molecular weight is 206 g/mol. The van der Waals surface area contributed by atoms with Crippen LogP contribution >= 0.6 is 11.6 Å². The molecule has 0 aliphatic heterocycles. The van der Waals surface area contributed by atoms with E-state index in [0.717, 1.165) is 0 Å². The maximum absolute atomic E-state index is 10.9. The Kier molecular flexibility index (Phi) is 2.72. The molecule has 0 heterocycles. The molecule has 1 aromatic carbocycles. The Bertz CT molecular complexity index is 340. The van der Waals surface area contributed by atoms with E-state index < -0.39 is 11.0 Å². The summed E-state index contributed by atoms with van der Waals surface area (Å²) >= 11 is 5.66. The molecule has 0 saturated carbocycles. The van der Waals surface area contributed by atoms with Gasteiger partial charge in [-0.3, -0.25) is 0 Å². The molecule has 0 radical (unpaired) electrons. The average Bonchev–Trinajstić information content (AvgIpc) is 1.97. The number of aryl methyl sites for hydroxylation is 1. The van der Waals surface area contributed by atoms with Crippen molar-refractivity contribution < 1.29 is 9.32 Å². The van der Waals surface area contributed by atoms with Crippen LogP contribution in [0.5, 0.6) is 5.75 Å². The maximum atomic E-state index is 10.9. The van der Waals surface area contributed by atoms with Crippen LogP contribution in [0.15, 0.2) is 17.0 Å². The summed E-state index contributed by atoms with van der Waals surface area (Å²) in [5, 5.41) is 14.7. The second kappa shape index (κ2) is 3.43. The number of aromatic hydroxyl groups is 1. The van der Waals surface area contributed by atoms with Crippen LogP contribution in [-0.4, -0.2) is 9.32 Å². The molecule has 0 saturated heterocycles. The quantitative estimate of drug-likeness (QED) is 0.727. The van der Waals surface area contributed by atoms with Gasteiger partial charge in [0.1, 0.15) is 21.6 Å². The van der Waals surface area contributed by atoms with Crippen molar-refractivity contribution in [2.45, 2.75) is 11.8 Å². The normalized spacial score (nSPS) is 12.9. The van der Waals surface area contributed by atoms with Gasteiger partial charge in [-0.25, -0.2) is 9.35 Å². The first-order chi connectivity index (χ1) is 5.54. The summed E-state index contributed by atoms with van der Waals surface area (Å²) in [6, 6.07) is 3.19. The highest BCUT2D eigenvalue weighted by molar-refractivity contribution is 7.83. The first kappa shape index (κ1) is 9.51. The SMILES string of the molecule is Cc1ccc(Cl)c(S(N)=O)c1O. The standard InChI is InChI=1S/C7H8ClNO2S/c1-4-2-3-5(8)7(6(4)10)12(9)11/h2-3,10H,9H2,1H3. The molecule has 0 aliphatic carbocycles. The number of hydrogen-bond acceptors (Lipinski definition) is 2. The van der Waals surface area contributed by atoms with Gasteiger partial charge >= 0.3 is 0 Å². The zero-order chi connectivity index (χ0) is 9.30. The summed E-state index contributed by atoms with van der Waals surface area (Å²) in [6.45, 7) is 1.68. The highest BCUT2D eigenvalue weighted by Gasteiger charge is 2.12. The second-order valence-corrected chi connectivity index (χ2v) is 3.75. The molecule has 66 valence electrons. The fourth-order valence-electron chi connectivity index (χ4n) is 0.836. The number of phenolic OH excluding ortho intramolecular Hbond substituents is 1. The molecule has 1 aromatic rings. The molecule has 0 fully saturated rings. The minimum absolute atomic E-state index is 0.0941. The van der Waals surface area contributed by atoms with E-state index in [0.29, 0.717) is 5.56 Å². The van der Waals surface area contributed by atoms with Crippen LogP contribution in [-0.2, 0) is 11.0 Å². The van der Waals surface area contributed by atoms with Crippen molar-refractivity contribution in [3.05, 3.63) is 22.7 Å². The molecule has 12 heavy (non-hydrogen) atoms. The Balaban J connectivity index is 3.43. The molecule has 1 atom stereocenters. The van der Waals surface area contributed by atoms with E-state index in [9.17, 15) is 9.32 Å². The van der Waals surface area contributed by atoms with Crippen molar-refractivity contribution in [1.82, 2.24) is 0 Å². The van der Waals surface area contributed by atoms with Gasteiger partial charge < -0.3 is 5.11 Å². The van der Waals surface area contributed by atoms with Gasteiger partial charge in [0, 0.05) is 0 Å². The predicted octanol–water partition coefficient (Wildman–Crippen LogP) is 1.34. The van der Waals surface area contributed by atoms with E-state index in [2.05, 4.69) is 0 Å². The Morgan fingerprint density at radius 3 is 2.58 bits per heavy atom. The van der Waals surface area contributed by atoms with E-state index in [1.807, 2.05) is 0 Å². The van der Waals surface area contributed by atoms with Gasteiger partial charge in [0.05, 0.1) is 5.02 Å². The Hall–Kier alpha value is -0.580. The smallest absolute Gasteiger partial charge is 0.137 e. The summed E-state index contributed by atoms with van der Waals surface area (Å²) < 4.78 is 10.9. The topological polar surface area (TPSA) is 63.3 Å². The molecular weight excluding hydrogens is 198 g/mol. The fourth-order valence-corrected chi connectivity index (χ4v) is 1.83. The lowest BCUT2D eigenvalue weighted by Crippen LogP contribution is -2.04. The van der Waals surface area contributed by atoms with Crippen LogP contribution in [0, 0.1) is 6.92 Å². The Labute approximate surface area is 77.7 Å². The number of halogens is 1. The van der Waals surface area contributed by atoms with E-state index in [1.165, 1.54) is 0 Å². The fraction of sp³-hybridized carbons (Fsp3) is 0.143. The highest BCUT2D eigenvalue weighted by atomic mass is 35.5. The molecule has 5 heteroatoms. The molecule has 1 rings (SSSR count). The molecule has 0 amide bonds. The summed E-state index contributed by atoms with van der Waals surface area (Å²) in [4.78, 5) is 0.0941. The van der Waals surface area contributed by atoms with Gasteiger partial charge in [0.25, 0.3) is 0 Å². The van der Waals surface area contributed by atoms with Crippen LogP contribution < -0.4 is 5.14 Å². The van der Waals surface area contributed by atoms with E-state index in [-0.39, 0.29) is 15.7 Å². The lowest BCUT2D eigenvalue weighted by molar-refractivity contribution is 0.457. The largest absolute Gasteiger partial charge is 0.506 e. The molecule has 0 aromatic heterocycles. The molecule has 0 aliphatic rings.